The van der Waals surface area contributed by atoms with E-state index in [0.29, 0.717) is 0 Å². The van der Waals surface area contributed by atoms with Crippen molar-refractivity contribution in [2.75, 3.05) is 9.80 Å². The lowest BCUT2D eigenvalue weighted by molar-refractivity contribution is 0.590. The van der Waals surface area contributed by atoms with Gasteiger partial charge in [0.05, 0.1) is 22.4 Å². The molecule has 0 unspecified atom stereocenters. The molecule has 2 aliphatic heterocycles. The van der Waals surface area contributed by atoms with Crippen LogP contribution in [0.4, 0.5) is 34.1 Å². The van der Waals surface area contributed by atoms with E-state index in [-0.39, 0.29) is 23.0 Å². The van der Waals surface area contributed by atoms with Crippen molar-refractivity contribution in [3.05, 3.63) is 203 Å². The molecule has 3 nitrogen and oxygen atoms in total. The highest BCUT2D eigenvalue weighted by molar-refractivity contribution is 7.26. The minimum atomic E-state index is -0.152. The molecule has 0 fully saturated rings. The summed E-state index contributed by atoms with van der Waals surface area (Å²) in [6.07, 6.45) is 0. The third-order valence-electron chi connectivity index (χ3n) is 16.7. The van der Waals surface area contributed by atoms with Crippen LogP contribution >= 0.6 is 11.3 Å². The Balaban J connectivity index is 1.15. The quantitative estimate of drug-likeness (QED) is 0.163. The van der Waals surface area contributed by atoms with Gasteiger partial charge in [-0.05, 0) is 177 Å². The summed E-state index contributed by atoms with van der Waals surface area (Å²) in [4.78, 5) is 5.34. The normalized spacial score (nSPS) is 13.6. The van der Waals surface area contributed by atoms with E-state index >= 15 is 0 Å². The van der Waals surface area contributed by atoms with Gasteiger partial charge in [-0.25, -0.2) is 0 Å². The highest BCUT2D eigenvalue weighted by Gasteiger charge is 2.46. The molecule has 0 amide bonds. The molecule has 0 saturated heterocycles. The number of aryl methyl sites for hydroxylation is 4. The number of hydrogen-bond acceptors (Lipinski definition) is 3. The number of anilines is 6. The Kier molecular flexibility index (Phi) is 10.5. The molecule has 0 bridgehead atoms. The Bertz CT molecular complexity index is 4140. The van der Waals surface area contributed by atoms with Gasteiger partial charge in [0.2, 0.25) is 0 Å². The number of para-hydroxylation sites is 2. The van der Waals surface area contributed by atoms with Crippen LogP contribution in [0.15, 0.2) is 164 Å². The molecule has 5 heteroatoms. The topological polar surface area (TPSA) is 11.4 Å². The zero-order valence-corrected chi connectivity index (χ0v) is 46.7. The van der Waals surface area contributed by atoms with Crippen LogP contribution in [0.3, 0.4) is 0 Å². The first-order valence-corrected chi connectivity index (χ1v) is 27.8. The van der Waals surface area contributed by atoms with E-state index in [9.17, 15) is 0 Å². The van der Waals surface area contributed by atoms with Gasteiger partial charge >= 0.3 is 0 Å². The summed E-state index contributed by atoms with van der Waals surface area (Å²) in [6, 6.07) is 63.3. The fourth-order valence-electron chi connectivity index (χ4n) is 12.8. The fraction of sp³-hybridized carbons (Fsp3) is 0.229. The standard InChI is InChI=1S/C70H66BN3S/c1-41-21-19-22-42(2)65(41)74-60-40-59-54(53-35-46(68(5,6)7)29-31-57(53)72(59)49-23-15-14-16-24-49)39-56(60)71-55-36-47(69(8,9)10)30-32-58(55)73(61-37-48(70(11,12)13)38-62(74)64(61)71)66-43(3)33-45(34-44(66)4)50-26-20-27-52-51-25-17-18-28-63(51)75-67(50)52/h14-40H,1-13H3. The molecular formula is C70H66BN3S. The lowest BCUT2D eigenvalue weighted by atomic mass is 9.33. The molecular weight excluding hydrogens is 926 g/mol. The summed E-state index contributed by atoms with van der Waals surface area (Å²) in [7, 11) is 0. The van der Waals surface area contributed by atoms with Gasteiger partial charge in [0, 0.05) is 59.4 Å². The predicted molar refractivity (Wildman–Crippen MR) is 328 cm³/mol. The van der Waals surface area contributed by atoms with E-state index in [4.69, 9.17) is 0 Å². The van der Waals surface area contributed by atoms with E-state index < -0.39 is 0 Å². The van der Waals surface area contributed by atoms with Crippen LogP contribution in [0.25, 0.3) is 58.8 Å². The second-order valence-electron chi connectivity index (χ2n) is 24.9. The SMILES string of the molecule is Cc1cc(-c2cccc3c2sc2ccccc23)cc(C)c1N1c2ccc(C(C)(C)C)cc2B2c3cc4c5cc(C(C)(C)C)ccc5n(-c5ccccc5)c4cc3N(c3c(C)cccc3C)c3cc(C(C)(C)C)cc1c32. The largest absolute Gasteiger partial charge is 0.311 e. The Labute approximate surface area is 448 Å². The van der Waals surface area contributed by atoms with E-state index in [2.05, 4.69) is 268 Å². The Morgan fingerprint density at radius 3 is 1.64 bits per heavy atom. The second-order valence-corrected chi connectivity index (χ2v) is 25.9. The molecule has 2 aromatic heterocycles. The molecule has 0 spiro atoms. The molecule has 11 aromatic rings. The van der Waals surface area contributed by atoms with Crippen LogP contribution in [-0.2, 0) is 16.2 Å². The zero-order chi connectivity index (χ0) is 52.2. The monoisotopic (exact) mass is 992 g/mol. The predicted octanol–water partition coefficient (Wildman–Crippen LogP) is 18.0. The Morgan fingerprint density at radius 2 is 0.960 bits per heavy atom. The van der Waals surface area contributed by atoms with E-state index in [1.807, 2.05) is 11.3 Å². The van der Waals surface area contributed by atoms with Gasteiger partial charge in [-0.15, -0.1) is 11.3 Å². The van der Waals surface area contributed by atoms with Crippen molar-refractivity contribution in [2.45, 2.75) is 106 Å². The third kappa shape index (κ3) is 7.28. The van der Waals surface area contributed by atoms with Gasteiger partial charge in [-0.2, -0.15) is 0 Å². The summed E-state index contributed by atoms with van der Waals surface area (Å²) in [6.45, 7) is 30.4. The van der Waals surface area contributed by atoms with Crippen molar-refractivity contribution in [1.82, 2.24) is 4.57 Å². The zero-order valence-electron chi connectivity index (χ0n) is 45.9. The van der Waals surface area contributed by atoms with Gasteiger partial charge in [0.15, 0.2) is 0 Å². The van der Waals surface area contributed by atoms with Crippen molar-refractivity contribution in [3.63, 3.8) is 0 Å². The number of aromatic nitrogens is 1. The van der Waals surface area contributed by atoms with Crippen molar-refractivity contribution in [3.8, 4) is 16.8 Å². The first-order chi connectivity index (χ1) is 35.8. The molecule has 0 N–H and O–H groups in total. The summed E-state index contributed by atoms with van der Waals surface area (Å²) < 4.78 is 5.19. The fourth-order valence-corrected chi connectivity index (χ4v) is 14.1. The molecule has 75 heavy (non-hydrogen) atoms. The van der Waals surface area contributed by atoms with Crippen molar-refractivity contribution in [2.24, 2.45) is 0 Å². The molecule has 2 aliphatic rings. The maximum atomic E-state index is 2.67. The summed E-state index contributed by atoms with van der Waals surface area (Å²) >= 11 is 1.91. The lowest BCUT2D eigenvalue weighted by Gasteiger charge is -2.46. The van der Waals surface area contributed by atoms with E-state index in [0.717, 1.165) is 0 Å². The van der Waals surface area contributed by atoms with Crippen LogP contribution in [0.2, 0.25) is 0 Å². The van der Waals surface area contributed by atoms with Crippen LogP contribution in [0.5, 0.6) is 0 Å². The van der Waals surface area contributed by atoms with Gasteiger partial charge in [-0.1, -0.05) is 159 Å². The highest BCUT2D eigenvalue weighted by atomic mass is 32.1. The van der Waals surface area contributed by atoms with Crippen molar-refractivity contribution < 1.29 is 0 Å². The molecule has 13 rings (SSSR count). The number of fused-ring (bicyclic) bond motifs is 10. The van der Waals surface area contributed by atoms with Crippen molar-refractivity contribution >= 4 is 111 Å². The summed E-state index contributed by atoms with van der Waals surface area (Å²) in [5.41, 5.74) is 26.5. The molecule has 0 radical (unpaired) electrons. The number of thiophene rings is 1. The molecule has 370 valence electrons. The van der Waals surface area contributed by atoms with Gasteiger partial charge in [0.1, 0.15) is 0 Å². The molecule has 0 aliphatic carbocycles. The minimum absolute atomic E-state index is 0.0170. The highest BCUT2D eigenvalue weighted by Crippen LogP contribution is 2.51. The molecule has 0 saturated carbocycles. The molecule has 9 aromatic carbocycles. The average Bonchev–Trinajstić information content (AvgIpc) is 3.91. The van der Waals surface area contributed by atoms with Gasteiger partial charge < -0.3 is 14.4 Å². The van der Waals surface area contributed by atoms with Gasteiger partial charge in [-0.3, -0.25) is 0 Å². The van der Waals surface area contributed by atoms with Gasteiger partial charge in [0.25, 0.3) is 6.71 Å². The van der Waals surface area contributed by atoms with Crippen LogP contribution in [0, 0.1) is 27.7 Å². The first kappa shape index (κ1) is 47.4. The maximum absolute atomic E-state index is 2.67. The van der Waals surface area contributed by atoms with Crippen LogP contribution in [-0.4, -0.2) is 11.3 Å². The summed E-state index contributed by atoms with van der Waals surface area (Å²) in [5, 5.41) is 5.23. The molecule has 4 heterocycles. The lowest BCUT2D eigenvalue weighted by Crippen LogP contribution is -2.61. The maximum Gasteiger partial charge on any atom is 0.252 e. The van der Waals surface area contributed by atoms with E-state index in [1.54, 1.807) is 0 Å². The summed E-state index contributed by atoms with van der Waals surface area (Å²) in [5.74, 6) is 0. The average molecular weight is 992 g/mol. The van der Waals surface area contributed by atoms with Crippen molar-refractivity contribution in [1.29, 1.82) is 0 Å². The minimum Gasteiger partial charge on any atom is -0.311 e. The Morgan fingerprint density at radius 1 is 0.400 bits per heavy atom. The first-order valence-electron chi connectivity index (χ1n) is 27.0. The number of benzene rings is 9. The van der Waals surface area contributed by atoms with Crippen LogP contribution < -0.4 is 26.2 Å². The smallest absolute Gasteiger partial charge is 0.252 e. The van der Waals surface area contributed by atoms with Crippen LogP contribution in [0.1, 0.15) is 101 Å². The second kappa shape index (κ2) is 16.6. The third-order valence-corrected chi connectivity index (χ3v) is 17.9. The van der Waals surface area contributed by atoms with E-state index in [1.165, 1.54) is 148 Å². The number of rotatable bonds is 4. The number of nitrogens with zero attached hydrogens (tertiary/aromatic N) is 3. The number of hydrogen-bond donors (Lipinski definition) is 0. The Hall–Kier alpha value is -7.34. The molecule has 0 atom stereocenters.